The lowest BCUT2D eigenvalue weighted by Crippen LogP contribution is -2.47. The molecule has 78 valence electrons. The van der Waals surface area contributed by atoms with E-state index in [2.05, 4.69) is 34.6 Å². The maximum atomic E-state index is 11.3. The average molecular weight is 185 g/mol. The molecule has 0 saturated heterocycles. The number of rotatable bonds is 2. The second kappa shape index (κ2) is 4.12. The highest BCUT2D eigenvalue weighted by Gasteiger charge is 2.31. The standard InChI is InChI=1S/C11H23NO/c1-8(2)10(11(4,5)6)12(7)9(3)13/h8,10H,1-7H3. The molecule has 1 amide bonds. The van der Waals surface area contributed by atoms with Gasteiger partial charge in [0.1, 0.15) is 0 Å². The Kier molecular flexibility index (Phi) is 3.95. The van der Waals surface area contributed by atoms with Gasteiger partial charge in [-0.1, -0.05) is 34.6 Å². The summed E-state index contributed by atoms with van der Waals surface area (Å²) >= 11 is 0. The van der Waals surface area contributed by atoms with E-state index in [1.165, 1.54) is 0 Å². The van der Waals surface area contributed by atoms with Crippen molar-refractivity contribution in [1.82, 2.24) is 4.90 Å². The van der Waals surface area contributed by atoms with E-state index >= 15 is 0 Å². The Hall–Kier alpha value is -0.530. The van der Waals surface area contributed by atoms with Crippen LogP contribution in [0.3, 0.4) is 0 Å². The molecule has 0 bridgehead atoms. The summed E-state index contributed by atoms with van der Waals surface area (Å²) < 4.78 is 0. The fraction of sp³-hybridized carbons (Fsp3) is 0.909. The predicted octanol–water partition coefficient (Wildman–Crippen LogP) is 2.54. The van der Waals surface area contributed by atoms with Crippen LogP contribution >= 0.6 is 0 Å². The van der Waals surface area contributed by atoms with Gasteiger partial charge >= 0.3 is 0 Å². The molecule has 0 N–H and O–H groups in total. The molecule has 1 unspecified atom stereocenters. The summed E-state index contributed by atoms with van der Waals surface area (Å²) in [7, 11) is 1.89. The van der Waals surface area contributed by atoms with E-state index < -0.39 is 0 Å². The second-order valence-electron chi connectivity index (χ2n) is 5.18. The van der Waals surface area contributed by atoms with Gasteiger partial charge in [-0.2, -0.15) is 0 Å². The Morgan fingerprint density at radius 2 is 1.62 bits per heavy atom. The van der Waals surface area contributed by atoms with Crippen LogP contribution in [0.5, 0.6) is 0 Å². The third-order valence-corrected chi connectivity index (χ3v) is 2.43. The lowest BCUT2D eigenvalue weighted by atomic mass is 9.79. The van der Waals surface area contributed by atoms with Crippen molar-refractivity contribution >= 4 is 5.91 Å². The molecule has 1 atom stereocenters. The first-order valence-corrected chi connectivity index (χ1v) is 4.91. The van der Waals surface area contributed by atoms with E-state index in [0.717, 1.165) is 0 Å². The van der Waals surface area contributed by atoms with Crippen molar-refractivity contribution in [2.45, 2.75) is 47.6 Å². The van der Waals surface area contributed by atoms with Crippen LogP contribution in [0.1, 0.15) is 41.5 Å². The highest BCUT2D eigenvalue weighted by Crippen LogP contribution is 2.29. The normalized spacial score (nSPS) is 14.5. The number of carbonyl (C=O) groups excluding carboxylic acids is 1. The summed E-state index contributed by atoms with van der Waals surface area (Å²) in [6.45, 7) is 12.5. The molecule has 0 fully saturated rings. The van der Waals surface area contributed by atoms with Crippen LogP contribution < -0.4 is 0 Å². The van der Waals surface area contributed by atoms with Crippen LogP contribution in [0.4, 0.5) is 0 Å². The molecule has 2 heteroatoms. The van der Waals surface area contributed by atoms with Crippen molar-refractivity contribution in [1.29, 1.82) is 0 Å². The summed E-state index contributed by atoms with van der Waals surface area (Å²) in [5.41, 5.74) is 0.147. The summed E-state index contributed by atoms with van der Waals surface area (Å²) in [4.78, 5) is 13.1. The lowest BCUT2D eigenvalue weighted by Gasteiger charge is -2.40. The van der Waals surface area contributed by atoms with Gasteiger partial charge in [0.2, 0.25) is 5.91 Å². The van der Waals surface area contributed by atoms with E-state index in [-0.39, 0.29) is 11.3 Å². The molecule has 0 spiro atoms. The Morgan fingerprint density at radius 3 is 1.69 bits per heavy atom. The van der Waals surface area contributed by atoms with Gasteiger partial charge in [-0.05, 0) is 11.3 Å². The molecule has 0 aromatic carbocycles. The topological polar surface area (TPSA) is 20.3 Å². The average Bonchev–Trinajstić information content (AvgIpc) is 1.82. The van der Waals surface area contributed by atoms with E-state index in [0.29, 0.717) is 12.0 Å². The third kappa shape index (κ3) is 3.37. The van der Waals surface area contributed by atoms with Crippen molar-refractivity contribution in [2.75, 3.05) is 7.05 Å². The molecule has 0 rings (SSSR count). The van der Waals surface area contributed by atoms with Gasteiger partial charge < -0.3 is 4.90 Å². The molecule has 0 aromatic rings. The van der Waals surface area contributed by atoms with Crippen LogP contribution in [0.25, 0.3) is 0 Å². The van der Waals surface area contributed by atoms with E-state index in [4.69, 9.17) is 0 Å². The predicted molar refractivity (Wildman–Crippen MR) is 56.5 cm³/mol. The summed E-state index contributed by atoms with van der Waals surface area (Å²) in [5, 5.41) is 0. The van der Waals surface area contributed by atoms with Crippen LogP contribution in [0, 0.1) is 11.3 Å². The van der Waals surface area contributed by atoms with Crippen LogP contribution in [-0.2, 0) is 4.79 Å². The Labute approximate surface area is 82.3 Å². The molecule has 2 nitrogen and oxygen atoms in total. The van der Waals surface area contributed by atoms with Gasteiger partial charge in [-0.25, -0.2) is 0 Å². The minimum atomic E-state index is 0.147. The zero-order valence-electron chi connectivity index (χ0n) is 10.0. The molecule has 0 saturated carbocycles. The molecule has 0 heterocycles. The monoisotopic (exact) mass is 185 g/mol. The quantitative estimate of drug-likeness (QED) is 0.647. The zero-order valence-corrected chi connectivity index (χ0v) is 10.0. The lowest BCUT2D eigenvalue weighted by molar-refractivity contribution is -0.133. The van der Waals surface area contributed by atoms with Crippen molar-refractivity contribution in [3.05, 3.63) is 0 Å². The molecule has 0 aliphatic rings. The van der Waals surface area contributed by atoms with E-state index in [1.54, 1.807) is 6.92 Å². The van der Waals surface area contributed by atoms with Crippen LogP contribution in [0.15, 0.2) is 0 Å². The van der Waals surface area contributed by atoms with Gasteiger partial charge in [-0.3, -0.25) is 4.79 Å². The molecule has 0 aliphatic heterocycles. The van der Waals surface area contributed by atoms with Crippen molar-refractivity contribution in [3.8, 4) is 0 Å². The first-order valence-electron chi connectivity index (χ1n) is 4.91. The summed E-state index contributed by atoms with van der Waals surface area (Å²) in [6.07, 6.45) is 0. The van der Waals surface area contributed by atoms with Crippen LogP contribution in [-0.4, -0.2) is 23.9 Å². The molecule has 0 radical (unpaired) electrons. The Bertz CT molecular complexity index is 179. The van der Waals surface area contributed by atoms with Crippen molar-refractivity contribution in [3.63, 3.8) is 0 Å². The minimum absolute atomic E-state index is 0.147. The molecule has 13 heavy (non-hydrogen) atoms. The van der Waals surface area contributed by atoms with Gasteiger partial charge in [0, 0.05) is 20.0 Å². The molecular formula is C11H23NO. The highest BCUT2D eigenvalue weighted by molar-refractivity contribution is 5.73. The van der Waals surface area contributed by atoms with Gasteiger partial charge in [-0.15, -0.1) is 0 Å². The molecular weight excluding hydrogens is 162 g/mol. The van der Waals surface area contributed by atoms with Gasteiger partial charge in [0.05, 0.1) is 0 Å². The van der Waals surface area contributed by atoms with E-state index in [9.17, 15) is 4.79 Å². The second-order valence-corrected chi connectivity index (χ2v) is 5.18. The van der Waals surface area contributed by atoms with Gasteiger partial charge in [0.15, 0.2) is 0 Å². The largest absolute Gasteiger partial charge is 0.342 e. The van der Waals surface area contributed by atoms with Crippen LogP contribution in [0.2, 0.25) is 0 Å². The first kappa shape index (κ1) is 12.5. The highest BCUT2D eigenvalue weighted by atomic mass is 16.2. The smallest absolute Gasteiger partial charge is 0.219 e. The SMILES string of the molecule is CC(=O)N(C)C(C(C)C)C(C)(C)C. The number of hydrogen-bond acceptors (Lipinski definition) is 1. The Balaban J connectivity index is 4.72. The minimum Gasteiger partial charge on any atom is -0.342 e. The maximum absolute atomic E-state index is 11.3. The zero-order chi connectivity index (χ0) is 10.8. The summed E-state index contributed by atoms with van der Waals surface area (Å²) in [6, 6.07) is 0.310. The fourth-order valence-electron chi connectivity index (χ4n) is 2.22. The number of amides is 1. The van der Waals surface area contributed by atoms with Gasteiger partial charge in [0.25, 0.3) is 0 Å². The maximum Gasteiger partial charge on any atom is 0.219 e. The molecule has 0 aliphatic carbocycles. The third-order valence-electron chi connectivity index (χ3n) is 2.43. The number of carbonyl (C=O) groups is 1. The first-order chi connectivity index (χ1) is 5.68. The van der Waals surface area contributed by atoms with Crippen molar-refractivity contribution < 1.29 is 4.79 Å². The Morgan fingerprint density at radius 1 is 1.23 bits per heavy atom. The summed E-state index contributed by atoms with van der Waals surface area (Å²) in [5.74, 6) is 0.641. The van der Waals surface area contributed by atoms with Crippen molar-refractivity contribution in [2.24, 2.45) is 11.3 Å². The molecule has 0 aromatic heterocycles. The number of hydrogen-bond donors (Lipinski definition) is 0. The fourth-order valence-corrected chi connectivity index (χ4v) is 2.22. The van der Waals surface area contributed by atoms with E-state index in [1.807, 2.05) is 11.9 Å². The number of nitrogens with zero attached hydrogens (tertiary/aromatic N) is 1.